The van der Waals surface area contributed by atoms with Crippen LogP contribution in [0.25, 0.3) is 0 Å². The molecule has 122 valence electrons. The van der Waals surface area contributed by atoms with E-state index in [2.05, 4.69) is 11.9 Å². The number of hydrogen-bond acceptors (Lipinski definition) is 3. The van der Waals surface area contributed by atoms with Crippen LogP contribution < -0.4 is 0 Å². The number of fused-ring (bicyclic) bond motifs is 1. The Kier molecular flexibility index (Phi) is 3.91. The number of ether oxygens (including phenoxy) is 1. The Morgan fingerprint density at radius 3 is 2.77 bits per heavy atom. The topological polar surface area (TPSA) is 58.2 Å². The van der Waals surface area contributed by atoms with Crippen molar-refractivity contribution in [2.45, 2.75) is 77.4 Å². The monoisotopic (exact) mass is 305 g/mol. The fourth-order valence-electron chi connectivity index (χ4n) is 3.45. The van der Waals surface area contributed by atoms with Crippen molar-refractivity contribution in [2.24, 2.45) is 0 Å². The fraction of sp³-hybridized carbons (Fsp3) is 0.765. The van der Waals surface area contributed by atoms with Gasteiger partial charge in [-0.3, -0.25) is 4.90 Å². The van der Waals surface area contributed by atoms with Crippen LogP contribution in [-0.4, -0.2) is 33.1 Å². The third-order valence-electron chi connectivity index (χ3n) is 4.57. The summed E-state index contributed by atoms with van der Waals surface area (Å²) in [4.78, 5) is 22.7. The van der Waals surface area contributed by atoms with Crippen LogP contribution in [0.15, 0.2) is 0 Å². The average molecular weight is 305 g/mol. The zero-order valence-electron chi connectivity index (χ0n) is 14.1. The first-order valence-corrected chi connectivity index (χ1v) is 8.43. The summed E-state index contributed by atoms with van der Waals surface area (Å²) in [5, 5.41) is 0. The quantitative estimate of drug-likeness (QED) is 0.855. The molecule has 0 radical (unpaired) electrons. The SMILES string of the molecule is CC1CCc2[nH]c(C3CCCCN3C(=O)OC(C)(C)C)nc21. The molecule has 1 fully saturated rings. The predicted octanol–water partition coefficient (Wildman–Crippen LogP) is 3.92. The predicted molar refractivity (Wildman–Crippen MR) is 84.9 cm³/mol. The van der Waals surface area contributed by atoms with Crippen molar-refractivity contribution in [1.29, 1.82) is 0 Å². The molecule has 0 spiro atoms. The van der Waals surface area contributed by atoms with Crippen LogP contribution in [0.1, 0.15) is 82.6 Å². The van der Waals surface area contributed by atoms with Gasteiger partial charge in [-0.25, -0.2) is 9.78 Å². The van der Waals surface area contributed by atoms with Gasteiger partial charge in [0.2, 0.25) is 0 Å². The molecule has 3 rings (SSSR count). The molecule has 5 heteroatoms. The molecule has 0 aromatic carbocycles. The molecule has 1 aliphatic heterocycles. The van der Waals surface area contributed by atoms with Crippen LogP contribution in [0.2, 0.25) is 0 Å². The van der Waals surface area contributed by atoms with Gasteiger partial charge in [-0.1, -0.05) is 6.92 Å². The van der Waals surface area contributed by atoms with E-state index < -0.39 is 5.60 Å². The number of amides is 1. The van der Waals surface area contributed by atoms with E-state index in [1.165, 1.54) is 17.8 Å². The Morgan fingerprint density at radius 1 is 1.32 bits per heavy atom. The third-order valence-corrected chi connectivity index (χ3v) is 4.57. The molecule has 1 amide bonds. The van der Waals surface area contributed by atoms with Crippen LogP contribution in [0.4, 0.5) is 4.79 Å². The molecule has 1 aromatic rings. The van der Waals surface area contributed by atoms with E-state index in [1.54, 1.807) is 0 Å². The molecule has 2 aliphatic rings. The minimum Gasteiger partial charge on any atom is -0.444 e. The van der Waals surface area contributed by atoms with Gasteiger partial charge in [-0.2, -0.15) is 0 Å². The molecule has 1 N–H and O–H groups in total. The van der Waals surface area contributed by atoms with Gasteiger partial charge in [0.15, 0.2) is 0 Å². The molecule has 1 saturated heterocycles. The van der Waals surface area contributed by atoms with Crippen LogP contribution in [0.5, 0.6) is 0 Å². The van der Waals surface area contributed by atoms with Crippen molar-refractivity contribution in [3.05, 3.63) is 17.2 Å². The van der Waals surface area contributed by atoms with E-state index in [0.29, 0.717) is 5.92 Å². The van der Waals surface area contributed by atoms with Crippen molar-refractivity contribution in [3.63, 3.8) is 0 Å². The molecule has 0 saturated carbocycles. The largest absolute Gasteiger partial charge is 0.444 e. The average Bonchev–Trinajstić information content (AvgIpc) is 3.00. The number of carbonyl (C=O) groups excluding carboxylic acids is 1. The van der Waals surface area contributed by atoms with Crippen LogP contribution >= 0.6 is 0 Å². The van der Waals surface area contributed by atoms with Gasteiger partial charge in [0.25, 0.3) is 0 Å². The molecule has 0 bridgehead atoms. The van der Waals surface area contributed by atoms with Crippen LogP contribution in [-0.2, 0) is 11.2 Å². The van der Waals surface area contributed by atoms with Crippen molar-refractivity contribution in [3.8, 4) is 0 Å². The maximum Gasteiger partial charge on any atom is 0.410 e. The third kappa shape index (κ3) is 2.99. The number of H-pyrrole nitrogens is 1. The fourth-order valence-corrected chi connectivity index (χ4v) is 3.45. The van der Waals surface area contributed by atoms with Crippen molar-refractivity contribution in [1.82, 2.24) is 14.9 Å². The lowest BCUT2D eigenvalue weighted by Crippen LogP contribution is -2.42. The minimum atomic E-state index is -0.460. The Balaban J connectivity index is 1.81. The van der Waals surface area contributed by atoms with E-state index in [-0.39, 0.29) is 12.1 Å². The highest BCUT2D eigenvalue weighted by atomic mass is 16.6. The van der Waals surface area contributed by atoms with Gasteiger partial charge in [-0.05, 0) is 52.9 Å². The highest BCUT2D eigenvalue weighted by Gasteiger charge is 2.34. The van der Waals surface area contributed by atoms with Gasteiger partial charge < -0.3 is 9.72 Å². The number of hydrogen-bond donors (Lipinski definition) is 1. The summed E-state index contributed by atoms with van der Waals surface area (Å²) in [5.41, 5.74) is 2.00. The number of aromatic nitrogens is 2. The number of likely N-dealkylation sites (tertiary alicyclic amines) is 1. The second kappa shape index (κ2) is 5.60. The number of nitrogens with one attached hydrogen (secondary N) is 1. The molecule has 22 heavy (non-hydrogen) atoms. The number of carbonyl (C=O) groups is 1. The molecule has 2 heterocycles. The first-order chi connectivity index (χ1) is 10.3. The highest BCUT2D eigenvalue weighted by Crippen LogP contribution is 2.36. The first-order valence-electron chi connectivity index (χ1n) is 8.43. The van der Waals surface area contributed by atoms with Gasteiger partial charge >= 0.3 is 6.09 Å². The Bertz CT molecular complexity index is 559. The van der Waals surface area contributed by atoms with Gasteiger partial charge in [0, 0.05) is 18.2 Å². The molecular formula is C17H27N3O2. The second-order valence-corrected chi connectivity index (χ2v) is 7.61. The number of aryl methyl sites for hydroxylation is 1. The zero-order chi connectivity index (χ0) is 15.9. The Hall–Kier alpha value is -1.52. The lowest BCUT2D eigenvalue weighted by atomic mass is 10.0. The van der Waals surface area contributed by atoms with E-state index in [9.17, 15) is 4.79 Å². The molecule has 2 unspecified atom stereocenters. The zero-order valence-corrected chi connectivity index (χ0v) is 14.1. The number of nitrogens with zero attached hydrogens (tertiary/aromatic N) is 2. The Morgan fingerprint density at radius 2 is 2.09 bits per heavy atom. The number of imidazole rings is 1. The summed E-state index contributed by atoms with van der Waals surface area (Å²) < 4.78 is 5.57. The summed E-state index contributed by atoms with van der Waals surface area (Å²) in [6, 6.07) is 0.0291. The first kappa shape index (κ1) is 15.4. The summed E-state index contributed by atoms with van der Waals surface area (Å²) in [5.74, 6) is 1.47. The molecule has 5 nitrogen and oxygen atoms in total. The minimum absolute atomic E-state index is 0.0291. The van der Waals surface area contributed by atoms with E-state index >= 15 is 0 Å². The second-order valence-electron chi connectivity index (χ2n) is 7.61. The lowest BCUT2D eigenvalue weighted by Gasteiger charge is -2.35. The Labute approximate surface area is 132 Å². The summed E-state index contributed by atoms with van der Waals surface area (Å²) >= 11 is 0. The smallest absolute Gasteiger partial charge is 0.410 e. The molecule has 1 aliphatic carbocycles. The van der Waals surface area contributed by atoms with Crippen LogP contribution in [0, 0.1) is 0 Å². The van der Waals surface area contributed by atoms with E-state index in [4.69, 9.17) is 9.72 Å². The van der Waals surface area contributed by atoms with Crippen LogP contribution in [0.3, 0.4) is 0 Å². The maximum atomic E-state index is 12.5. The standard InChI is InChI=1S/C17H27N3O2/c1-11-8-9-12-14(11)19-15(18-12)13-7-5-6-10-20(13)16(21)22-17(2,3)4/h11,13H,5-10H2,1-4H3,(H,18,19). The number of rotatable bonds is 1. The molecule has 1 aromatic heterocycles. The summed E-state index contributed by atoms with van der Waals surface area (Å²) in [6.45, 7) is 8.70. The molecule has 2 atom stereocenters. The summed E-state index contributed by atoms with van der Waals surface area (Å²) in [6.07, 6.45) is 5.15. The van der Waals surface area contributed by atoms with Crippen molar-refractivity contribution in [2.75, 3.05) is 6.54 Å². The van der Waals surface area contributed by atoms with Gasteiger partial charge in [0.1, 0.15) is 11.4 Å². The number of aromatic amines is 1. The summed E-state index contributed by atoms with van der Waals surface area (Å²) in [7, 11) is 0. The maximum absolute atomic E-state index is 12.5. The van der Waals surface area contributed by atoms with Gasteiger partial charge in [-0.15, -0.1) is 0 Å². The number of piperidine rings is 1. The molecular weight excluding hydrogens is 278 g/mol. The van der Waals surface area contributed by atoms with E-state index in [1.807, 2.05) is 25.7 Å². The lowest BCUT2D eigenvalue weighted by molar-refractivity contribution is 0.00850. The normalized spacial score (nSPS) is 25.2. The highest BCUT2D eigenvalue weighted by molar-refractivity contribution is 5.68. The van der Waals surface area contributed by atoms with Crippen molar-refractivity contribution < 1.29 is 9.53 Å². The van der Waals surface area contributed by atoms with Gasteiger partial charge in [0.05, 0.1) is 11.7 Å². The van der Waals surface area contributed by atoms with E-state index in [0.717, 1.165) is 38.1 Å². The van der Waals surface area contributed by atoms with Crippen molar-refractivity contribution >= 4 is 6.09 Å².